The number of allylic oxidation sites excluding steroid dienone is 2. The minimum absolute atomic E-state index is 0.391. The summed E-state index contributed by atoms with van der Waals surface area (Å²) < 4.78 is 5.20. The molecule has 1 aliphatic rings. The van der Waals surface area contributed by atoms with Crippen molar-refractivity contribution in [2.45, 2.75) is 39.7 Å². The van der Waals surface area contributed by atoms with Crippen LogP contribution in [0.5, 0.6) is 5.75 Å². The normalized spacial score (nSPS) is 24.1. The smallest absolute Gasteiger partial charge is 0.118 e. The van der Waals surface area contributed by atoms with Gasteiger partial charge in [-0.15, -0.1) is 0 Å². The van der Waals surface area contributed by atoms with E-state index in [0.717, 1.165) is 24.1 Å². The lowest BCUT2D eigenvalue weighted by molar-refractivity contribution is 0.366. The van der Waals surface area contributed by atoms with Crippen LogP contribution in [0.25, 0.3) is 0 Å². The fourth-order valence-corrected chi connectivity index (χ4v) is 3.20. The van der Waals surface area contributed by atoms with Gasteiger partial charge in [0.1, 0.15) is 5.75 Å². The minimum atomic E-state index is 0.391. The van der Waals surface area contributed by atoms with Gasteiger partial charge in [-0.2, -0.15) is 0 Å². The van der Waals surface area contributed by atoms with Crippen LogP contribution in [0.4, 0.5) is 0 Å². The summed E-state index contributed by atoms with van der Waals surface area (Å²) in [6.45, 7) is 7.91. The van der Waals surface area contributed by atoms with Crippen LogP contribution >= 0.6 is 0 Å². The first kappa shape index (κ1) is 15.1. The summed E-state index contributed by atoms with van der Waals surface area (Å²) in [6, 6.07) is 8.74. The zero-order valence-corrected chi connectivity index (χ0v) is 13.1. The third kappa shape index (κ3) is 4.11. The highest BCUT2D eigenvalue weighted by atomic mass is 16.5. The Kier molecular flexibility index (Phi) is 5.24. The maximum absolute atomic E-state index is 5.20. The fourth-order valence-electron chi connectivity index (χ4n) is 3.20. The topological polar surface area (TPSA) is 21.3 Å². The molecule has 1 aromatic carbocycles. The average molecular weight is 273 g/mol. The standard InChI is InChI=1S/C18H27NO/c1-13-9-14(2)11-16(10-13)12-19-15(3)17-5-7-18(20-4)8-6-17/h5-9,13,15-16,19H,10-12H2,1-4H3/t13?,15-,16?/m0/s1. The van der Waals surface area contributed by atoms with Crippen LogP contribution in [-0.2, 0) is 0 Å². The molecule has 0 heterocycles. The van der Waals surface area contributed by atoms with E-state index in [1.165, 1.54) is 18.4 Å². The summed E-state index contributed by atoms with van der Waals surface area (Å²) in [4.78, 5) is 0. The van der Waals surface area contributed by atoms with Gasteiger partial charge in [-0.1, -0.05) is 30.7 Å². The Labute approximate surface area is 123 Å². The maximum Gasteiger partial charge on any atom is 0.118 e. The molecule has 0 radical (unpaired) electrons. The predicted octanol–water partition coefficient (Wildman–Crippen LogP) is 4.34. The van der Waals surface area contributed by atoms with Crippen molar-refractivity contribution in [3.63, 3.8) is 0 Å². The maximum atomic E-state index is 5.20. The van der Waals surface area contributed by atoms with Crippen molar-refractivity contribution >= 4 is 0 Å². The van der Waals surface area contributed by atoms with Crippen molar-refractivity contribution in [3.8, 4) is 5.75 Å². The quantitative estimate of drug-likeness (QED) is 0.806. The molecule has 110 valence electrons. The van der Waals surface area contributed by atoms with Gasteiger partial charge < -0.3 is 10.1 Å². The zero-order chi connectivity index (χ0) is 14.5. The summed E-state index contributed by atoms with van der Waals surface area (Å²) in [5.74, 6) is 2.42. The van der Waals surface area contributed by atoms with Crippen molar-refractivity contribution in [1.82, 2.24) is 5.32 Å². The SMILES string of the molecule is COc1ccc([C@H](C)NCC2CC(C)=CC(C)C2)cc1. The lowest BCUT2D eigenvalue weighted by Gasteiger charge is -2.27. The molecular weight excluding hydrogens is 246 g/mol. The van der Waals surface area contributed by atoms with Crippen LogP contribution in [-0.4, -0.2) is 13.7 Å². The Hall–Kier alpha value is -1.28. The number of benzene rings is 1. The molecule has 0 fully saturated rings. The molecule has 2 rings (SSSR count). The molecule has 0 saturated heterocycles. The number of rotatable bonds is 5. The van der Waals surface area contributed by atoms with Gasteiger partial charge in [-0.05, 0) is 62.8 Å². The summed E-state index contributed by atoms with van der Waals surface area (Å²) in [5, 5.41) is 3.68. The number of hydrogen-bond acceptors (Lipinski definition) is 2. The summed E-state index contributed by atoms with van der Waals surface area (Å²) in [5.41, 5.74) is 2.87. The van der Waals surface area contributed by atoms with Crippen LogP contribution in [0.3, 0.4) is 0 Å². The Morgan fingerprint density at radius 2 is 2.00 bits per heavy atom. The molecule has 0 bridgehead atoms. The number of ether oxygens (including phenoxy) is 1. The summed E-state index contributed by atoms with van der Waals surface area (Å²) >= 11 is 0. The van der Waals surface area contributed by atoms with Gasteiger partial charge in [0.25, 0.3) is 0 Å². The van der Waals surface area contributed by atoms with Gasteiger partial charge in [0.05, 0.1) is 7.11 Å². The second-order valence-electron chi connectivity index (χ2n) is 6.20. The molecule has 0 spiro atoms. The van der Waals surface area contributed by atoms with E-state index >= 15 is 0 Å². The molecule has 0 aliphatic heterocycles. The van der Waals surface area contributed by atoms with Gasteiger partial charge >= 0.3 is 0 Å². The summed E-state index contributed by atoms with van der Waals surface area (Å²) in [7, 11) is 1.71. The zero-order valence-electron chi connectivity index (χ0n) is 13.1. The molecule has 2 unspecified atom stereocenters. The molecular formula is C18H27NO. The molecule has 3 atom stereocenters. The Morgan fingerprint density at radius 3 is 2.60 bits per heavy atom. The van der Waals surface area contributed by atoms with Crippen molar-refractivity contribution in [3.05, 3.63) is 41.5 Å². The third-order valence-corrected chi connectivity index (χ3v) is 4.21. The molecule has 1 aromatic rings. The molecule has 1 aliphatic carbocycles. The highest BCUT2D eigenvalue weighted by Crippen LogP contribution is 2.28. The number of nitrogens with one attached hydrogen (secondary N) is 1. The Balaban J connectivity index is 1.85. The van der Waals surface area contributed by atoms with E-state index < -0.39 is 0 Å². The van der Waals surface area contributed by atoms with Crippen molar-refractivity contribution in [1.29, 1.82) is 0 Å². The summed E-state index contributed by atoms with van der Waals surface area (Å²) in [6.07, 6.45) is 4.97. The molecule has 20 heavy (non-hydrogen) atoms. The van der Waals surface area contributed by atoms with Crippen molar-refractivity contribution < 1.29 is 4.74 Å². The van der Waals surface area contributed by atoms with E-state index in [1.807, 2.05) is 12.1 Å². The highest BCUT2D eigenvalue weighted by Gasteiger charge is 2.18. The largest absolute Gasteiger partial charge is 0.497 e. The fraction of sp³-hybridized carbons (Fsp3) is 0.556. The average Bonchev–Trinajstić information content (AvgIpc) is 2.44. The highest BCUT2D eigenvalue weighted by molar-refractivity contribution is 5.28. The Morgan fingerprint density at radius 1 is 1.30 bits per heavy atom. The molecule has 2 nitrogen and oxygen atoms in total. The van der Waals surface area contributed by atoms with Gasteiger partial charge in [0.2, 0.25) is 0 Å². The van der Waals surface area contributed by atoms with E-state index in [9.17, 15) is 0 Å². The molecule has 2 heteroatoms. The van der Waals surface area contributed by atoms with E-state index in [0.29, 0.717) is 6.04 Å². The predicted molar refractivity (Wildman–Crippen MR) is 85.1 cm³/mol. The van der Waals surface area contributed by atoms with Gasteiger partial charge in [0, 0.05) is 6.04 Å². The van der Waals surface area contributed by atoms with E-state index in [1.54, 1.807) is 12.7 Å². The van der Waals surface area contributed by atoms with Crippen molar-refractivity contribution in [2.24, 2.45) is 11.8 Å². The molecule has 0 saturated carbocycles. The van der Waals surface area contributed by atoms with E-state index in [2.05, 4.69) is 44.3 Å². The third-order valence-electron chi connectivity index (χ3n) is 4.21. The minimum Gasteiger partial charge on any atom is -0.497 e. The number of hydrogen-bond donors (Lipinski definition) is 1. The van der Waals surface area contributed by atoms with Crippen LogP contribution in [0.15, 0.2) is 35.9 Å². The van der Waals surface area contributed by atoms with Crippen LogP contribution in [0, 0.1) is 11.8 Å². The molecule has 0 aromatic heterocycles. The number of methoxy groups -OCH3 is 1. The van der Waals surface area contributed by atoms with Crippen LogP contribution in [0.2, 0.25) is 0 Å². The first-order chi connectivity index (χ1) is 9.58. The van der Waals surface area contributed by atoms with Crippen molar-refractivity contribution in [2.75, 3.05) is 13.7 Å². The van der Waals surface area contributed by atoms with Crippen LogP contribution < -0.4 is 10.1 Å². The molecule has 0 amide bonds. The van der Waals surface area contributed by atoms with E-state index in [4.69, 9.17) is 4.74 Å². The lowest BCUT2D eigenvalue weighted by Crippen LogP contribution is -2.28. The first-order valence-corrected chi connectivity index (χ1v) is 7.63. The lowest BCUT2D eigenvalue weighted by atomic mass is 9.83. The van der Waals surface area contributed by atoms with Crippen LogP contribution in [0.1, 0.15) is 45.2 Å². The van der Waals surface area contributed by atoms with E-state index in [-0.39, 0.29) is 0 Å². The Bertz CT molecular complexity index is 449. The van der Waals surface area contributed by atoms with Gasteiger partial charge in [-0.3, -0.25) is 0 Å². The molecule has 1 N–H and O–H groups in total. The second-order valence-corrected chi connectivity index (χ2v) is 6.20. The second kappa shape index (κ2) is 6.94. The van der Waals surface area contributed by atoms with Gasteiger partial charge in [0.15, 0.2) is 0 Å². The monoisotopic (exact) mass is 273 g/mol. The van der Waals surface area contributed by atoms with Gasteiger partial charge in [-0.25, -0.2) is 0 Å². The first-order valence-electron chi connectivity index (χ1n) is 7.63.